The van der Waals surface area contributed by atoms with Gasteiger partial charge in [-0.1, -0.05) is 0 Å². The van der Waals surface area contributed by atoms with Crippen molar-refractivity contribution in [1.29, 1.82) is 0 Å². The highest BCUT2D eigenvalue weighted by atomic mass is 16.5. The quantitative estimate of drug-likeness (QED) is 0.463. The summed E-state index contributed by atoms with van der Waals surface area (Å²) in [5, 5.41) is 0. The van der Waals surface area contributed by atoms with Gasteiger partial charge < -0.3 is 4.74 Å². The molecule has 0 aliphatic heterocycles. The van der Waals surface area contributed by atoms with Crippen molar-refractivity contribution in [2.75, 3.05) is 6.61 Å². The summed E-state index contributed by atoms with van der Waals surface area (Å²) in [5.74, 6) is -0.326. The van der Waals surface area contributed by atoms with Crippen molar-refractivity contribution in [3.05, 3.63) is 0 Å². The Morgan fingerprint density at radius 1 is 1.67 bits per heavy atom. The second-order valence-electron chi connectivity index (χ2n) is 3.33. The molecule has 1 fully saturated rings. The van der Waals surface area contributed by atoms with E-state index in [9.17, 15) is 9.59 Å². The van der Waals surface area contributed by atoms with E-state index in [2.05, 4.69) is 0 Å². The van der Waals surface area contributed by atoms with E-state index in [4.69, 9.17) is 4.74 Å². The van der Waals surface area contributed by atoms with Gasteiger partial charge in [0, 0.05) is 6.42 Å². The van der Waals surface area contributed by atoms with Crippen LogP contribution in [-0.2, 0) is 14.3 Å². The molecule has 0 N–H and O–H groups in total. The van der Waals surface area contributed by atoms with Crippen LogP contribution < -0.4 is 0 Å². The van der Waals surface area contributed by atoms with Gasteiger partial charge in [-0.3, -0.25) is 9.59 Å². The summed E-state index contributed by atoms with van der Waals surface area (Å²) in [6.07, 6.45) is 1.98. The van der Waals surface area contributed by atoms with E-state index >= 15 is 0 Å². The van der Waals surface area contributed by atoms with Crippen LogP contribution in [0.2, 0.25) is 0 Å². The average molecular weight is 170 g/mol. The molecule has 68 valence electrons. The normalized spacial score (nSPS) is 29.0. The minimum absolute atomic E-state index is 0.0287. The first kappa shape index (κ1) is 9.23. The number of carbonyl (C=O) groups is 2. The Balaban J connectivity index is 2.70. The van der Waals surface area contributed by atoms with Crippen molar-refractivity contribution in [1.82, 2.24) is 0 Å². The fourth-order valence-electron chi connectivity index (χ4n) is 1.52. The van der Waals surface area contributed by atoms with Crippen molar-refractivity contribution in [2.24, 2.45) is 5.41 Å². The minimum Gasteiger partial charge on any atom is -0.465 e. The van der Waals surface area contributed by atoms with Gasteiger partial charge in [0.25, 0.3) is 0 Å². The van der Waals surface area contributed by atoms with Gasteiger partial charge in [0.1, 0.15) is 11.2 Å². The fraction of sp³-hybridized carbons (Fsp3) is 0.778. The van der Waals surface area contributed by atoms with E-state index in [0.29, 0.717) is 19.4 Å². The molecule has 0 radical (unpaired) electrons. The third kappa shape index (κ3) is 1.36. The molecule has 1 aliphatic carbocycles. The van der Waals surface area contributed by atoms with Crippen LogP contribution in [-0.4, -0.2) is 18.4 Å². The highest BCUT2D eigenvalue weighted by molar-refractivity contribution is 6.04. The van der Waals surface area contributed by atoms with Gasteiger partial charge in [-0.15, -0.1) is 0 Å². The van der Waals surface area contributed by atoms with Gasteiger partial charge >= 0.3 is 5.97 Å². The second kappa shape index (κ2) is 3.25. The zero-order valence-electron chi connectivity index (χ0n) is 7.55. The molecule has 0 aromatic rings. The van der Waals surface area contributed by atoms with Gasteiger partial charge in [-0.2, -0.15) is 0 Å². The predicted octanol–water partition coefficient (Wildman–Crippen LogP) is 1.31. The van der Waals surface area contributed by atoms with Gasteiger partial charge in [-0.25, -0.2) is 0 Å². The zero-order valence-corrected chi connectivity index (χ0v) is 7.55. The molecule has 0 bridgehead atoms. The Kier molecular flexibility index (Phi) is 2.50. The van der Waals surface area contributed by atoms with Crippen LogP contribution in [0.1, 0.15) is 33.1 Å². The summed E-state index contributed by atoms with van der Waals surface area (Å²) in [5.41, 5.74) is -0.837. The molecule has 1 rings (SSSR count). The Morgan fingerprint density at radius 3 is 2.75 bits per heavy atom. The Morgan fingerprint density at radius 2 is 2.33 bits per heavy atom. The Bertz CT molecular complexity index is 210. The summed E-state index contributed by atoms with van der Waals surface area (Å²) in [6, 6.07) is 0. The topological polar surface area (TPSA) is 43.4 Å². The number of hydrogen-bond acceptors (Lipinski definition) is 3. The van der Waals surface area contributed by atoms with Crippen LogP contribution in [0, 0.1) is 5.41 Å². The average Bonchev–Trinajstić information content (AvgIpc) is 2.34. The number of ketones is 1. The smallest absolute Gasteiger partial charge is 0.319 e. The summed E-state index contributed by atoms with van der Waals surface area (Å²) in [6.45, 7) is 3.78. The molecule has 1 aliphatic rings. The third-order valence-corrected chi connectivity index (χ3v) is 2.42. The molecule has 3 nitrogen and oxygen atoms in total. The summed E-state index contributed by atoms with van der Waals surface area (Å²) < 4.78 is 4.84. The Labute approximate surface area is 72.1 Å². The summed E-state index contributed by atoms with van der Waals surface area (Å²) in [7, 11) is 0. The lowest BCUT2D eigenvalue weighted by molar-refractivity contribution is -0.157. The number of esters is 1. The molecule has 0 aromatic heterocycles. The lowest BCUT2D eigenvalue weighted by Crippen LogP contribution is -2.33. The lowest BCUT2D eigenvalue weighted by Gasteiger charge is -2.18. The standard InChI is InChI=1S/C9H14O3/c1-3-12-8(11)9(2)6-4-5-7(9)10/h3-6H2,1-2H3/t9-/m1/s1. The van der Waals surface area contributed by atoms with E-state index in [-0.39, 0.29) is 11.8 Å². The number of ether oxygens (including phenoxy) is 1. The van der Waals surface area contributed by atoms with Crippen LogP contribution in [0.3, 0.4) is 0 Å². The molecule has 12 heavy (non-hydrogen) atoms. The first-order chi connectivity index (χ1) is 5.61. The number of rotatable bonds is 2. The third-order valence-electron chi connectivity index (χ3n) is 2.42. The summed E-state index contributed by atoms with van der Waals surface area (Å²) >= 11 is 0. The van der Waals surface area contributed by atoms with Gasteiger partial charge in [0.05, 0.1) is 6.61 Å². The largest absolute Gasteiger partial charge is 0.465 e. The van der Waals surface area contributed by atoms with Crippen molar-refractivity contribution in [3.63, 3.8) is 0 Å². The molecule has 1 atom stereocenters. The zero-order chi connectivity index (χ0) is 9.19. The van der Waals surface area contributed by atoms with Crippen LogP contribution in [0.15, 0.2) is 0 Å². The van der Waals surface area contributed by atoms with Crippen molar-refractivity contribution in [2.45, 2.75) is 33.1 Å². The summed E-state index contributed by atoms with van der Waals surface area (Å²) in [4.78, 5) is 22.6. The van der Waals surface area contributed by atoms with Crippen LogP contribution >= 0.6 is 0 Å². The van der Waals surface area contributed by atoms with Crippen LogP contribution in [0.5, 0.6) is 0 Å². The van der Waals surface area contributed by atoms with Crippen molar-refractivity contribution < 1.29 is 14.3 Å². The molecule has 0 spiro atoms. The molecule has 0 amide bonds. The van der Waals surface area contributed by atoms with Crippen molar-refractivity contribution >= 4 is 11.8 Å². The maximum atomic E-state index is 11.3. The molecule has 3 heteroatoms. The highest BCUT2D eigenvalue weighted by Crippen LogP contribution is 2.35. The van der Waals surface area contributed by atoms with Gasteiger partial charge in [0.15, 0.2) is 0 Å². The highest BCUT2D eigenvalue weighted by Gasteiger charge is 2.45. The molecular weight excluding hydrogens is 156 g/mol. The SMILES string of the molecule is CCOC(=O)[C@]1(C)CCCC1=O. The number of hydrogen-bond donors (Lipinski definition) is 0. The molecular formula is C9H14O3. The maximum Gasteiger partial charge on any atom is 0.319 e. The van der Waals surface area contributed by atoms with Gasteiger partial charge in [0.2, 0.25) is 0 Å². The fourth-order valence-corrected chi connectivity index (χ4v) is 1.52. The van der Waals surface area contributed by atoms with E-state index in [0.717, 1.165) is 6.42 Å². The first-order valence-corrected chi connectivity index (χ1v) is 4.32. The first-order valence-electron chi connectivity index (χ1n) is 4.32. The second-order valence-corrected chi connectivity index (χ2v) is 3.33. The predicted molar refractivity (Wildman–Crippen MR) is 43.6 cm³/mol. The van der Waals surface area contributed by atoms with E-state index in [1.54, 1.807) is 13.8 Å². The van der Waals surface area contributed by atoms with E-state index < -0.39 is 5.41 Å². The molecule has 0 heterocycles. The number of Topliss-reactive ketones (excluding diaryl/α,β-unsaturated/α-hetero) is 1. The molecule has 0 unspecified atom stereocenters. The van der Waals surface area contributed by atoms with E-state index in [1.165, 1.54) is 0 Å². The number of carbonyl (C=O) groups excluding carboxylic acids is 2. The Hall–Kier alpha value is -0.860. The molecule has 0 aromatic carbocycles. The van der Waals surface area contributed by atoms with Crippen LogP contribution in [0.4, 0.5) is 0 Å². The molecule has 1 saturated carbocycles. The lowest BCUT2D eigenvalue weighted by atomic mass is 9.88. The van der Waals surface area contributed by atoms with Gasteiger partial charge in [-0.05, 0) is 26.7 Å². The minimum atomic E-state index is -0.837. The monoisotopic (exact) mass is 170 g/mol. The van der Waals surface area contributed by atoms with Crippen molar-refractivity contribution in [3.8, 4) is 0 Å². The van der Waals surface area contributed by atoms with E-state index in [1.807, 2.05) is 0 Å². The maximum absolute atomic E-state index is 11.3. The van der Waals surface area contributed by atoms with Crippen LogP contribution in [0.25, 0.3) is 0 Å². The molecule has 0 saturated heterocycles.